The Labute approximate surface area is 91.7 Å². The van der Waals surface area contributed by atoms with E-state index in [1.54, 1.807) is 0 Å². The maximum Gasteiger partial charge on any atom is 0.0807 e. The van der Waals surface area contributed by atoms with Crippen LogP contribution < -0.4 is 0 Å². The van der Waals surface area contributed by atoms with E-state index in [0.717, 1.165) is 36.2 Å². The van der Waals surface area contributed by atoms with Crippen molar-refractivity contribution < 1.29 is 5.11 Å². The summed E-state index contributed by atoms with van der Waals surface area (Å²) in [6.45, 7) is 7.57. The van der Waals surface area contributed by atoms with Gasteiger partial charge < -0.3 is 5.11 Å². The van der Waals surface area contributed by atoms with Gasteiger partial charge in [0, 0.05) is 17.0 Å². The Hall–Kier alpha value is -1.15. The van der Waals surface area contributed by atoms with Crippen molar-refractivity contribution in [3.05, 3.63) is 41.7 Å². The molecule has 1 aromatic heterocycles. The van der Waals surface area contributed by atoms with Crippen molar-refractivity contribution in [3.8, 4) is 0 Å². The molecule has 1 rings (SSSR count). The van der Waals surface area contributed by atoms with Gasteiger partial charge in [-0.15, -0.1) is 6.58 Å². The molecule has 0 saturated carbocycles. The number of aliphatic hydroxyl groups is 1. The molecule has 1 heterocycles. The van der Waals surface area contributed by atoms with E-state index >= 15 is 0 Å². The molecule has 1 N–H and O–H groups in total. The van der Waals surface area contributed by atoms with Gasteiger partial charge in [0.2, 0.25) is 0 Å². The highest BCUT2D eigenvalue weighted by Gasteiger charge is 2.10. The molecule has 2 nitrogen and oxygen atoms in total. The number of aromatic nitrogens is 1. The average molecular weight is 205 g/mol. The van der Waals surface area contributed by atoms with Crippen LogP contribution in [0.15, 0.2) is 24.8 Å². The number of nitrogens with zero attached hydrogens (tertiary/aromatic N) is 1. The van der Waals surface area contributed by atoms with E-state index in [1.165, 1.54) is 0 Å². The zero-order valence-electron chi connectivity index (χ0n) is 9.53. The summed E-state index contributed by atoms with van der Waals surface area (Å²) < 4.78 is 0. The van der Waals surface area contributed by atoms with Crippen LogP contribution in [0.2, 0.25) is 0 Å². The standard InChI is InChI=1S/C13H19NO/c1-4-5-6-7-13(15)12-9-8-10(2)14-11(12)3/h4,8-9,13,15H,1,5-7H2,2-3H3. The lowest BCUT2D eigenvalue weighted by Crippen LogP contribution is -2.02. The Morgan fingerprint density at radius 3 is 2.80 bits per heavy atom. The number of aryl methyl sites for hydroxylation is 2. The Morgan fingerprint density at radius 2 is 2.20 bits per heavy atom. The number of rotatable bonds is 5. The molecule has 0 saturated heterocycles. The van der Waals surface area contributed by atoms with Gasteiger partial charge in [0.05, 0.1) is 6.10 Å². The summed E-state index contributed by atoms with van der Waals surface area (Å²) >= 11 is 0. The molecule has 0 aliphatic heterocycles. The van der Waals surface area contributed by atoms with Gasteiger partial charge in [0.25, 0.3) is 0 Å². The lowest BCUT2D eigenvalue weighted by atomic mass is 10.0. The predicted molar refractivity (Wildman–Crippen MR) is 62.7 cm³/mol. The maximum absolute atomic E-state index is 9.94. The topological polar surface area (TPSA) is 33.1 Å². The highest BCUT2D eigenvalue weighted by Crippen LogP contribution is 2.21. The minimum Gasteiger partial charge on any atom is -0.388 e. The van der Waals surface area contributed by atoms with Crippen LogP contribution in [0.1, 0.15) is 42.3 Å². The molecule has 0 aromatic carbocycles. The first kappa shape index (κ1) is 11.9. The number of unbranched alkanes of at least 4 members (excludes halogenated alkanes) is 1. The van der Waals surface area contributed by atoms with Crippen molar-refractivity contribution in [2.24, 2.45) is 0 Å². The number of aliphatic hydroxyl groups excluding tert-OH is 1. The minimum atomic E-state index is -0.391. The van der Waals surface area contributed by atoms with Gasteiger partial charge in [0.1, 0.15) is 0 Å². The SMILES string of the molecule is C=CCCCC(O)c1ccc(C)nc1C. The van der Waals surface area contributed by atoms with E-state index in [-0.39, 0.29) is 0 Å². The third-order valence-corrected chi connectivity index (χ3v) is 2.51. The quantitative estimate of drug-likeness (QED) is 0.592. The van der Waals surface area contributed by atoms with Gasteiger partial charge in [-0.2, -0.15) is 0 Å². The van der Waals surface area contributed by atoms with E-state index < -0.39 is 6.10 Å². The number of hydrogen-bond donors (Lipinski definition) is 1. The molecule has 0 spiro atoms. The molecule has 15 heavy (non-hydrogen) atoms. The fraction of sp³-hybridized carbons (Fsp3) is 0.462. The fourth-order valence-corrected chi connectivity index (χ4v) is 1.66. The molecular formula is C13H19NO. The van der Waals surface area contributed by atoms with Crippen LogP contribution in [-0.2, 0) is 0 Å². The zero-order chi connectivity index (χ0) is 11.3. The first-order valence-corrected chi connectivity index (χ1v) is 5.38. The summed E-state index contributed by atoms with van der Waals surface area (Å²) in [5, 5.41) is 9.94. The van der Waals surface area contributed by atoms with Crippen molar-refractivity contribution in [1.29, 1.82) is 0 Å². The molecule has 1 unspecified atom stereocenters. The predicted octanol–water partition coefficient (Wildman–Crippen LogP) is 3.09. The van der Waals surface area contributed by atoms with Gasteiger partial charge in [-0.3, -0.25) is 4.98 Å². The lowest BCUT2D eigenvalue weighted by Gasteiger charge is -2.12. The minimum absolute atomic E-state index is 0.391. The third kappa shape index (κ3) is 3.48. The van der Waals surface area contributed by atoms with Crippen LogP contribution in [-0.4, -0.2) is 10.1 Å². The van der Waals surface area contributed by atoms with Gasteiger partial charge in [0.15, 0.2) is 0 Å². The van der Waals surface area contributed by atoms with Gasteiger partial charge >= 0.3 is 0 Å². The normalized spacial score (nSPS) is 12.5. The van der Waals surface area contributed by atoms with E-state index in [4.69, 9.17) is 0 Å². The average Bonchev–Trinajstić information content (AvgIpc) is 2.17. The van der Waals surface area contributed by atoms with Crippen molar-refractivity contribution in [1.82, 2.24) is 4.98 Å². The highest BCUT2D eigenvalue weighted by atomic mass is 16.3. The second kappa shape index (κ2) is 5.66. The molecular weight excluding hydrogens is 186 g/mol. The van der Waals surface area contributed by atoms with E-state index in [2.05, 4.69) is 11.6 Å². The second-order valence-corrected chi connectivity index (χ2v) is 3.86. The molecule has 0 radical (unpaired) electrons. The summed E-state index contributed by atoms with van der Waals surface area (Å²) in [6.07, 6.45) is 4.19. The second-order valence-electron chi connectivity index (χ2n) is 3.86. The van der Waals surface area contributed by atoms with Gasteiger partial charge in [-0.1, -0.05) is 12.1 Å². The van der Waals surface area contributed by atoms with Crippen LogP contribution in [0.4, 0.5) is 0 Å². The number of pyridine rings is 1. The molecule has 1 atom stereocenters. The van der Waals surface area contributed by atoms with Crippen LogP contribution in [0.25, 0.3) is 0 Å². The van der Waals surface area contributed by atoms with E-state index in [0.29, 0.717) is 0 Å². The first-order valence-electron chi connectivity index (χ1n) is 5.38. The van der Waals surface area contributed by atoms with Gasteiger partial charge in [-0.05, 0) is 39.2 Å². The Bertz CT molecular complexity index is 333. The molecule has 82 valence electrons. The molecule has 0 amide bonds. The van der Waals surface area contributed by atoms with Crippen LogP contribution in [0.5, 0.6) is 0 Å². The molecule has 1 aromatic rings. The van der Waals surface area contributed by atoms with Crippen molar-refractivity contribution in [3.63, 3.8) is 0 Å². The lowest BCUT2D eigenvalue weighted by molar-refractivity contribution is 0.164. The summed E-state index contributed by atoms with van der Waals surface area (Å²) in [5.74, 6) is 0. The van der Waals surface area contributed by atoms with Crippen LogP contribution in [0.3, 0.4) is 0 Å². The third-order valence-electron chi connectivity index (χ3n) is 2.51. The Balaban J connectivity index is 2.64. The molecule has 2 heteroatoms. The fourth-order valence-electron chi connectivity index (χ4n) is 1.66. The number of hydrogen-bond acceptors (Lipinski definition) is 2. The van der Waals surface area contributed by atoms with E-state index in [1.807, 2.05) is 32.1 Å². The number of allylic oxidation sites excluding steroid dienone is 1. The monoisotopic (exact) mass is 205 g/mol. The van der Waals surface area contributed by atoms with Crippen molar-refractivity contribution in [2.75, 3.05) is 0 Å². The van der Waals surface area contributed by atoms with E-state index in [9.17, 15) is 5.11 Å². The molecule has 0 bridgehead atoms. The summed E-state index contributed by atoms with van der Waals surface area (Å²) in [6, 6.07) is 3.91. The van der Waals surface area contributed by atoms with Crippen molar-refractivity contribution >= 4 is 0 Å². The summed E-state index contributed by atoms with van der Waals surface area (Å²) in [4.78, 5) is 4.34. The highest BCUT2D eigenvalue weighted by molar-refractivity contribution is 5.23. The maximum atomic E-state index is 9.94. The Kier molecular flexibility index (Phi) is 4.50. The Morgan fingerprint density at radius 1 is 1.47 bits per heavy atom. The zero-order valence-corrected chi connectivity index (χ0v) is 9.53. The summed E-state index contributed by atoms with van der Waals surface area (Å²) in [7, 11) is 0. The molecule has 0 aliphatic carbocycles. The first-order chi connectivity index (χ1) is 7.15. The van der Waals surface area contributed by atoms with Gasteiger partial charge in [-0.25, -0.2) is 0 Å². The molecule has 0 aliphatic rings. The molecule has 0 fully saturated rings. The summed E-state index contributed by atoms with van der Waals surface area (Å²) in [5.41, 5.74) is 2.88. The largest absolute Gasteiger partial charge is 0.388 e. The van der Waals surface area contributed by atoms with Crippen LogP contribution >= 0.6 is 0 Å². The van der Waals surface area contributed by atoms with Crippen LogP contribution in [0, 0.1) is 13.8 Å². The smallest absolute Gasteiger partial charge is 0.0807 e. The van der Waals surface area contributed by atoms with Crippen molar-refractivity contribution in [2.45, 2.75) is 39.2 Å².